The minimum Gasteiger partial charge on any atom is -0.389 e. The van der Waals surface area contributed by atoms with E-state index in [2.05, 4.69) is 33.0 Å². The third kappa shape index (κ3) is 5.02. The highest BCUT2D eigenvalue weighted by molar-refractivity contribution is 5.54. The zero-order chi connectivity index (χ0) is 25.4. The summed E-state index contributed by atoms with van der Waals surface area (Å²) in [6.45, 7) is 8.02. The molecule has 1 aromatic carbocycles. The van der Waals surface area contributed by atoms with Gasteiger partial charge >= 0.3 is 0 Å². The van der Waals surface area contributed by atoms with Gasteiger partial charge in [0.05, 0.1) is 18.0 Å². The Labute approximate surface area is 208 Å². The number of nitrogens with zero attached hydrogens (tertiary/aromatic N) is 7. The molecule has 0 aliphatic carbocycles. The van der Waals surface area contributed by atoms with Crippen LogP contribution in [0, 0.1) is 18.6 Å². The van der Waals surface area contributed by atoms with Gasteiger partial charge in [-0.1, -0.05) is 12.2 Å². The average Bonchev–Trinajstić information content (AvgIpc) is 3.17. The molecule has 11 heteroatoms. The van der Waals surface area contributed by atoms with Gasteiger partial charge in [0.15, 0.2) is 0 Å². The Hall–Kier alpha value is -3.57. The second-order valence-electron chi connectivity index (χ2n) is 9.43. The van der Waals surface area contributed by atoms with Crippen molar-refractivity contribution in [2.75, 3.05) is 54.8 Å². The lowest BCUT2D eigenvalue weighted by atomic mass is 10.1. The number of benzene rings is 1. The van der Waals surface area contributed by atoms with Crippen molar-refractivity contribution in [3.63, 3.8) is 0 Å². The van der Waals surface area contributed by atoms with E-state index in [-0.39, 0.29) is 12.1 Å². The Kier molecular flexibility index (Phi) is 6.59. The number of piperazine rings is 1. The van der Waals surface area contributed by atoms with E-state index in [1.54, 1.807) is 16.9 Å². The molecular weight excluding hydrogens is 466 g/mol. The molecule has 1 atom stereocenters. The summed E-state index contributed by atoms with van der Waals surface area (Å²) in [6, 6.07) is 5.57. The number of nitrogens with two attached hydrogens (primary N) is 1. The van der Waals surface area contributed by atoms with E-state index >= 15 is 0 Å². The molecule has 0 amide bonds. The Morgan fingerprint density at radius 2 is 1.81 bits per heavy atom. The van der Waals surface area contributed by atoms with Crippen LogP contribution in [0.2, 0.25) is 0 Å². The van der Waals surface area contributed by atoms with Crippen LogP contribution in [0.3, 0.4) is 0 Å². The van der Waals surface area contributed by atoms with Crippen LogP contribution in [0.4, 0.5) is 26.1 Å². The largest absolute Gasteiger partial charge is 0.389 e. The van der Waals surface area contributed by atoms with E-state index in [0.29, 0.717) is 49.5 Å². The highest BCUT2D eigenvalue weighted by Gasteiger charge is 2.27. The lowest BCUT2D eigenvalue weighted by Gasteiger charge is -2.40. The number of aliphatic hydroxyl groups is 1. The fourth-order valence-corrected chi connectivity index (χ4v) is 4.66. The fraction of sp³-hybridized carbons (Fsp3) is 0.400. The summed E-state index contributed by atoms with van der Waals surface area (Å²) < 4.78 is 28.9. The number of aliphatic hydroxyl groups excluding tert-OH is 1. The van der Waals surface area contributed by atoms with Gasteiger partial charge in [-0.05, 0) is 26.0 Å². The summed E-state index contributed by atoms with van der Waals surface area (Å²) in [7, 11) is 0. The number of halogens is 2. The van der Waals surface area contributed by atoms with Crippen LogP contribution in [0.15, 0.2) is 36.5 Å². The lowest BCUT2D eigenvalue weighted by Crippen LogP contribution is -2.51. The van der Waals surface area contributed by atoms with Crippen LogP contribution in [0.25, 0.3) is 12.0 Å². The maximum Gasteiger partial charge on any atom is 0.254 e. The molecule has 190 valence electrons. The van der Waals surface area contributed by atoms with Gasteiger partial charge < -0.3 is 20.6 Å². The highest BCUT2D eigenvalue weighted by atomic mass is 19.1. The van der Waals surface area contributed by atoms with E-state index in [9.17, 15) is 13.9 Å². The molecule has 0 bridgehead atoms. The van der Waals surface area contributed by atoms with Gasteiger partial charge in [0.2, 0.25) is 0 Å². The van der Waals surface area contributed by atoms with Gasteiger partial charge in [-0.15, -0.1) is 0 Å². The van der Waals surface area contributed by atoms with Gasteiger partial charge in [0.1, 0.15) is 23.3 Å². The normalized spacial score (nSPS) is 19.3. The van der Waals surface area contributed by atoms with E-state index in [0.717, 1.165) is 30.4 Å². The van der Waals surface area contributed by atoms with Crippen molar-refractivity contribution in [3.05, 3.63) is 59.4 Å². The van der Waals surface area contributed by atoms with Crippen molar-refractivity contribution in [1.29, 1.82) is 0 Å². The second kappa shape index (κ2) is 9.82. The van der Waals surface area contributed by atoms with Crippen LogP contribution >= 0.6 is 0 Å². The molecule has 0 spiro atoms. The Morgan fingerprint density at radius 3 is 2.50 bits per heavy atom. The number of β-amino-alcohol motifs (C(OH)–C–C–N with tert-alkyl or cyclic N) is 1. The maximum atomic E-state index is 13.6. The molecular formula is C25H30F2N8O. The molecule has 3 N–H and O–H groups in total. The van der Waals surface area contributed by atoms with Crippen LogP contribution in [0.5, 0.6) is 0 Å². The fourth-order valence-electron chi connectivity index (χ4n) is 4.66. The number of nitrogen functional groups attached to an aromatic ring is 1. The maximum absolute atomic E-state index is 13.6. The molecule has 2 fully saturated rings. The van der Waals surface area contributed by atoms with Gasteiger partial charge in [-0.25, -0.2) is 13.5 Å². The third-order valence-electron chi connectivity index (χ3n) is 6.76. The quantitative estimate of drug-likeness (QED) is 0.536. The Morgan fingerprint density at radius 1 is 1.06 bits per heavy atom. The molecule has 5 rings (SSSR count). The summed E-state index contributed by atoms with van der Waals surface area (Å²) >= 11 is 0. The molecule has 0 saturated carbocycles. The highest BCUT2D eigenvalue weighted by Crippen LogP contribution is 2.24. The van der Waals surface area contributed by atoms with Crippen LogP contribution in [-0.2, 0) is 0 Å². The van der Waals surface area contributed by atoms with Gasteiger partial charge in [0.25, 0.3) is 5.95 Å². The summed E-state index contributed by atoms with van der Waals surface area (Å²) in [5.74, 6) is 0.291. The second-order valence-corrected chi connectivity index (χ2v) is 9.43. The Bertz CT molecular complexity index is 1250. The molecule has 2 aliphatic rings. The van der Waals surface area contributed by atoms with Gasteiger partial charge in [0, 0.05) is 68.7 Å². The first kappa shape index (κ1) is 24.1. The minimum absolute atomic E-state index is 0.220. The summed E-state index contributed by atoms with van der Waals surface area (Å²) in [5.41, 5.74) is 8.41. The number of anilines is 3. The summed E-state index contributed by atoms with van der Waals surface area (Å²) in [6.07, 6.45) is 5.54. The zero-order valence-corrected chi connectivity index (χ0v) is 20.3. The molecule has 0 radical (unpaired) electrons. The predicted octanol–water partition coefficient (Wildman–Crippen LogP) is 2.24. The van der Waals surface area contributed by atoms with Crippen molar-refractivity contribution in [2.24, 2.45) is 0 Å². The van der Waals surface area contributed by atoms with Crippen molar-refractivity contribution in [1.82, 2.24) is 24.6 Å². The predicted molar refractivity (Wildman–Crippen MR) is 135 cm³/mol. The van der Waals surface area contributed by atoms with E-state index < -0.39 is 11.6 Å². The van der Waals surface area contributed by atoms with Crippen molar-refractivity contribution in [3.8, 4) is 5.95 Å². The van der Waals surface area contributed by atoms with Crippen LogP contribution in [0.1, 0.15) is 18.2 Å². The third-order valence-corrected chi connectivity index (χ3v) is 6.76. The van der Waals surface area contributed by atoms with E-state index in [1.165, 1.54) is 12.1 Å². The molecule has 0 unspecified atom stereocenters. The van der Waals surface area contributed by atoms with E-state index in [1.807, 2.05) is 22.8 Å². The number of aromatic nitrogens is 4. The molecule has 2 aromatic heterocycles. The average molecular weight is 497 g/mol. The molecule has 4 heterocycles. The van der Waals surface area contributed by atoms with Crippen LogP contribution < -0.4 is 15.5 Å². The van der Waals surface area contributed by atoms with E-state index in [4.69, 9.17) is 5.73 Å². The first-order chi connectivity index (χ1) is 17.3. The minimum atomic E-state index is -0.557. The number of hydrogen-bond acceptors (Lipinski definition) is 8. The monoisotopic (exact) mass is 496 g/mol. The number of rotatable bonds is 6. The van der Waals surface area contributed by atoms with Crippen molar-refractivity contribution in [2.45, 2.75) is 26.0 Å². The first-order valence-electron chi connectivity index (χ1n) is 12.0. The van der Waals surface area contributed by atoms with Crippen molar-refractivity contribution >= 4 is 23.4 Å². The van der Waals surface area contributed by atoms with Crippen molar-refractivity contribution < 1.29 is 13.9 Å². The summed E-state index contributed by atoms with van der Waals surface area (Å²) in [5, 5.41) is 14.0. The topological polar surface area (TPSA) is 99.6 Å². The molecule has 2 saturated heterocycles. The number of hydrogen-bond donors (Lipinski definition) is 2. The van der Waals surface area contributed by atoms with Gasteiger partial charge in [-0.3, -0.25) is 4.90 Å². The lowest BCUT2D eigenvalue weighted by molar-refractivity contribution is 0.141. The summed E-state index contributed by atoms with van der Waals surface area (Å²) in [4.78, 5) is 15.2. The van der Waals surface area contributed by atoms with Gasteiger partial charge in [-0.2, -0.15) is 15.1 Å². The standard InChI is InChI=1S/C25H30F2N8O/c1-16-13-33(21-9-19(26)8-20(27)10-21)7-6-32(16)5-3-4-18-12-29-35(17(18)2)25-30-23(28)11-24(31-25)34-14-22(36)15-34/h3-4,8-12,16,22,36H,5-7,13-15H2,1-2H3,(H2,28,30,31)/t16-/m0/s1. The molecule has 9 nitrogen and oxygen atoms in total. The zero-order valence-electron chi connectivity index (χ0n) is 20.3. The molecule has 36 heavy (non-hydrogen) atoms. The SMILES string of the molecule is Cc1c(C=CCN2CCN(c3cc(F)cc(F)c3)C[C@@H]2C)cnn1-c1nc(N)cc(N2CC(O)C2)n1. The Balaban J connectivity index is 1.22. The molecule has 3 aromatic rings. The van der Waals surface area contributed by atoms with Crippen LogP contribution in [-0.4, -0.2) is 81.2 Å². The smallest absolute Gasteiger partial charge is 0.254 e. The molecule has 2 aliphatic heterocycles. The first-order valence-corrected chi connectivity index (χ1v) is 12.0.